The summed E-state index contributed by atoms with van der Waals surface area (Å²) < 4.78 is 0. The highest BCUT2D eigenvalue weighted by Gasteiger charge is 2.14. The molecule has 1 aromatic carbocycles. The molecule has 0 radical (unpaired) electrons. The molecule has 0 aromatic heterocycles. The lowest BCUT2D eigenvalue weighted by Gasteiger charge is -2.25. The monoisotopic (exact) mass is 218 g/mol. The number of anilines is 1. The Balaban J connectivity index is 2.21. The average molecular weight is 218 g/mol. The molecule has 0 saturated carbocycles. The van der Waals surface area contributed by atoms with E-state index in [1.165, 1.54) is 29.8 Å². The number of hydrogen-bond acceptors (Lipinski definition) is 2. The zero-order chi connectivity index (χ0) is 11.5. The van der Waals surface area contributed by atoms with Crippen LogP contribution in [0.4, 0.5) is 5.69 Å². The number of aryl methyl sites for hydroxylation is 2. The van der Waals surface area contributed by atoms with Crippen LogP contribution < -0.4 is 10.2 Å². The summed E-state index contributed by atoms with van der Waals surface area (Å²) in [6, 6.07) is 7.42. The van der Waals surface area contributed by atoms with Gasteiger partial charge in [0, 0.05) is 24.8 Å². The summed E-state index contributed by atoms with van der Waals surface area (Å²) in [7, 11) is 0. The lowest BCUT2D eigenvalue weighted by atomic mass is 10.1. The first kappa shape index (κ1) is 11.5. The van der Waals surface area contributed by atoms with Gasteiger partial charge in [0.2, 0.25) is 0 Å². The number of nitrogens with one attached hydrogen (secondary N) is 1. The summed E-state index contributed by atoms with van der Waals surface area (Å²) in [6.07, 6.45) is 1.23. The Morgan fingerprint density at radius 3 is 2.56 bits per heavy atom. The van der Waals surface area contributed by atoms with Gasteiger partial charge in [-0.3, -0.25) is 0 Å². The molecule has 2 heteroatoms. The van der Waals surface area contributed by atoms with Crippen molar-refractivity contribution >= 4 is 5.69 Å². The minimum absolute atomic E-state index is 0.586. The van der Waals surface area contributed by atoms with Gasteiger partial charge in [-0.05, 0) is 57.0 Å². The van der Waals surface area contributed by atoms with E-state index in [9.17, 15) is 0 Å². The molecule has 0 spiro atoms. The van der Waals surface area contributed by atoms with E-state index in [-0.39, 0.29) is 0 Å². The summed E-state index contributed by atoms with van der Waals surface area (Å²) in [4.78, 5) is 2.50. The highest BCUT2D eigenvalue weighted by molar-refractivity contribution is 5.51. The molecule has 0 bridgehead atoms. The predicted molar refractivity (Wildman–Crippen MR) is 70.2 cm³/mol. The Kier molecular flexibility index (Phi) is 3.49. The van der Waals surface area contributed by atoms with Crippen LogP contribution in [-0.2, 0) is 0 Å². The van der Waals surface area contributed by atoms with Crippen LogP contribution in [0.15, 0.2) is 18.2 Å². The highest BCUT2D eigenvalue weighted by Crippen LogP contribution is 2.20. The molecule has 1 aromatic rings. The Morgan fingerprint density at radius 1 is 1.19 bits per heavy atom. The van der Waals surface area contributed by atoms with E-state index < -0.39 is 0 Å². The van der Waals surface area contributed by atoms with Crippen molar-refractivity contribution in [1.82, 2.24) is 5.32 Å². The van der Waals surface area contributed by atoms with Gasteiger partial charge in [-0.25, -0.2) is 0 Å². The number of rotatable bonds is 1. The van der Waals surface area contributed by atoms with Gasteiger partial charge in [0.1, 0.15) is 0 Å². The van der Waals surface area contributed by atoms with Gasteiger partial charge in [0.25, 0.3) is 0 Å². The van der Waals surface area contributed by atoms with Crippen molar-refractivity contribution in [2.45, 2.75) is 33.2 Å². The molecular weight excluding hydrogens is 196 g/mol. The normalized spacial score (nSPS) is 21.9. The van der Waals surface area contributed by atoms with Gasteiger partial charge in [-0.15, -0.1) is 0 Å². The second-order valence-electron chi connectivity index (χ2n) is 5.00. The molecule has 16 heavy (non-hydrogen) atoms. The van der Waals surface area contributed by atoms with Gasteiger partial charge in [-0.2, -0.15) is 0 Å². The van der Waals surface area contributed by atoms with E-state index in [4.69, 9.17) is 0 Å². The molecule has 1 fully saturated rings. The maximum Gasteiger partial charge on any atom is 0.0372 e. The van der Waals surface area contributed by atoms with E-state index in [1.807, 2.05) is 0 Å². The van der Waals surface area contributed by atoms with Crippen molar-refractivity contribution in [2.75, 3.05) is 24.5 Å². The molecule has 1 N–H and O–H groups in total. The van der Waals surface area contributed by atoms with Crippen molar-refractivity contribution in [3.05, 3.63) is 29.3 Å². The van der Waals surface area contributed by atoms with Gasteiger partial charge < -0.3 is 10.2 Å². The average Bonchev–Trinajstić information content (AvgIpc) is 2.41. The first-order chi connectivity index (χ1) is 7.65. The van der Waals surface area contributed by atoms with Gasteiger partial charge in [-0.1, -0.05) is 6.07 Å². The van der Waals surface area contributed by atoms with Crippen LogP contribution >= 0.6 is 0 Å². The van der Waals surface area contributed by atoms with Crippen LogP contribution in [0.25, 0.3) is 0 Å². The lowest BCUT2D eigenvalue weighted by Crippen LogP contribution is -2.35. The number of nitrogens with zero attached hydrogens (tertiary/aromatic N) is 1. The third-order valence-corrected chi connectivity index (χ3v) is 3.16. The minimum Gasteiger partial charge on any atom is -0.370 e. The van der Waals surface area contributed by atoms with Crippen molar-refractivity contribution in [2.24, 2.45) is 0 Å². The van der Waals surface area contributed by atoms with Gasteiger partial charge in [0.15, 0.2) is 0 Å². The van der Waals surface area contributed by atoms with E-state index in [0.29, 0.717) is 6.04 Å². The molecule has 2 nitrogen and oxygen atoms in total. The van der Waals surface area contributed by atoms with E-state index >= 15 is 0 Å². The van der Waals surface area contributed by atoms with E-state index in [0.717, 1.165) is 13.1 Å². The maximum absolute atomic E-state index is 3.53. The standard InChI is InChI=1S/C14H22N2/c1-11-7-12(2)9-14(8-11)16-6-4-5-15-13(3)10-16/h7-9,13,15H,4-6,10H2,1-3H3. The van der Waals surface area contributed by atoms with Gasteiger partial charge in [0.05, 0.1) is 0 Å². The first-order valence-electron chi connectivity index (χ1n) is 6.22. The zero-order valence-corrected chi connectivity index (χ0v) is 10.6. The predicted octanol–water partition coefficient (Wildman–Crippen LogP) is 2.49. The molecule has 1 saturated heterocycles. The fourth-order valence-corrected chi connectivity index (χ4v) is 2.47. The van der Waals surface area contributed by atoms with Crippen LogP contribution in [0.1, 0.15) is 24.5 Å². The molecular formula is C14H22N2. The van der Waals surface area contributed by atoms with Crippen LogP contribution in [0.2, 0.25) is 0 Å². The summed E-state index contributed by atoms with van der Waals surface area (Å²) in [5.41, 5.74) is 4.10. The molecule has 0 aliphatic carbocycles. The smallest absolute Gasteiger partial charge is 0.0372 e. The van der Waals surface area contributed by atoms with E-state index in [1.54, 1.807) is 0 Å². The molecule has 88 valence electrons. The fraction of sp³-hybridized carbons (Fsp3) is 0.571. The second kappa shape index (κ2) is 4.88. The summed E-state index contributed by atoms with van der Waals surface area (Å²) in [5, 5.41) is 3.53. The molecule has 1 atom stereocenters. The molecule has 1 aliphatic rings. The van der Waals surface area contributed by atoms with E-state index in [2.05, 4.69) is 49.2 Å². The van der Waals surface area contributed by atoms with Crippen molar-refractivity contribution in [1.29, 1.82) is 0 Å². The topological polar surface area (TPSA) is 15.3 Å². The van der Waals surface area contributed by atoms with Gasteiger partial charge >= 0.3 is 0 Å². The van der Waals surface area contributed by atoms with Crippen molar-refractivity contribution in [3.8, 4) is 0 Å². The van der Waals surface area contributed by atoms with Crippen LogP contribution in [0.5, 0.6) is 0 Å². The maximum atomic E-state index is 3.53. The van der Waals surface area contributed by atoms with Crippen LogP contribution in [0, 0.1) is 13.8 Å². The second-order valence-corrected chi connectivity index (χ2v) is 5.00. The van der Waals surface area contributed by atoms with Crippen LogP contribution in [-0.4, -0.2) is 25.7 Å². The SMILES string of the molecule is Cc1cc(C)cc(N2CCCNC(C)C2)c1. The summed E-state index contributed by atoms with van der Waals surface area (Å²) >= 11 is 0. The van der Waals surface area contributed by atoms with Crippen molar-refractivity contribution < 1.29 is 0 Å². The van der Waals surface area contributed by atoms with Crippen molar-refractivity contribution in [3.63, 3.8) is 0 Å². The molecule has 1 unspecified atom stereocenters. The minimum atomic E-state index is 0.586. The molecule has 2 rings (SSSR count). The molecule has 1 heterocycles. The highest BCUT2D eigenvalue weighted by atomic mass is 15.2. The Hall–Kier alpha value is -1.02. The first-order valence-corrected chi connectivity index (χ1v) is 6.22. The Labute approximate surface area is 98.7 Å². The summed E-state index contributed by atoms with van der Waals surface area (Å²) in [5.74, 6) is 0. The quantitative estimate of drug-likeness (QED) is 0.779. The largest absolute Gasteiger partial charge is 0.370 e. The number of hydrogen-bond donors (Lipinski definition) is 1. The Morgan fingerprint density at radius 2 is 1.88 bits per heavy atom. The zero-order valence-electron chi connectivity index (χ0n) is 10.6. The number of benzene rings is 1. The lowest BCUT2D eigenvalue weighted by molar-refractivity contribution is 0.585. The third kappa shape index (κ3) is 2.76. The Bertz CT molecular complexity index is 340. The van der Waals surface area contributed by atoms with Crippen LogP contribution in [0.3, 0.4) is 0 Å². The third-order valence-electron chi connectivity index (χ3n) is 3.16. The summed E-state index contributed by atoms with van der Waals surface area (Å²) in [6.45, 7) is 10.0. The fourth-order valence-electron chi connectivity index (χ4n) is 2.47. The molecule has 1 aliphatic heterocycles. The molecule has 0 amide bonds.